The standard InChI is InChI=1S/C38H22N4O/c1-2-11-23(12-3-1)41-30-18-8-5-14-26(30)34-31(41)22-21-25-24-13-4-7-17-29(24)42(37(25)34)38-39-28-16-10-20-33-35(28)36(40-38)27-15-6-9-19-32(27)43-33/h1-22H. The number of hydrogen-bond acceptors (Lipinski definition) is 3. The molecule has 6 aromatic carbocycles. The second kappa shape index (κ2) is 8.30. The Bertz CT molecular complexity index is 2590. The van der Waals surface area contributed by atoms with Crippen LogP contribution in [0, 0.1) is 0 Å². The van der Waals surface area contributed by atoms with Gasteiger partial charge in [-0.1, -0.05) is 78.9 Å². The average Bonchev–Trinajstić information content (AvgIpc) is 3.58. The molecular formula is C38H22N4O. The van der Waals surface area contributed by atoms with Crippen LogP contribution < -0.4 is 4.74 Å². The van der Waals surface area contributed by atoms with Gasteiger partial charge in [0.1, 0.15) is 11.5 Å². The van der Waals surface area contributed by atoms with Gasteiger partial charge in [-0.3, -0.25) is 4.57 Å². The number of aromatic nitrogens is 4. The summed E-state index contributed by atoms with van der Waals surface area (Å²) in [7, 11) is 0. The van der Waals surface area contributed by atoms with Crippen LogP contribution in [-0.4, -0.2) is 19.1 Å². The maximum atomic E-state index is 6.28. The largest absolute Gasteiger partial charge is 0.456 e. The highest BCUT2D eigenvalue weighted by atomic mass is 16.5. The summed E-state index contributed by atoms with van der Waals surface area (Å²) >= 11 is 0. The van der Waals surface area contributed by atoms with Crippen molar-refractivity contribution in [2.75, 3.05) is 0 Å². The molecule has 0 radical (unpaired) electrons. The molecular weight excluding hydrogens is 528 g/mol. The van der Waals surface area contributed by atoms with E-state index >= 15 is 0 Å². The zero-order valence-corrected chi connectivity index (χ0v) is 22.9. The van der Waals surface area contributed by atoms with Crippen molar-refractivity contribution in [1.82, 2.24) is 19.1 Å². The molecule has 0 atom stereocenters. The third kappa shape index (κ3) is 3.00. The molecule has 0 fully saturated rings. The highest BCUT2D eigenvalue weighted by Gasteiger charge is 2.26. The number of nitrogens with zero attached hydrogens (tertiary/aromatic N) is 4. The van der Waals surface area contributed by atoms with Crippen molar-refractivity contribution in [3.63, 3.8) is 0 Å². The summed E-state index contributed by atoms with van der Waals surface area (Å²) < 4.78 is 10.9. The fourth-order valence-electron chi connectivity index (χ4n) is 6.96. The molecule has 0 bridgehead atoms. The van der Waals surface area contributed by atoms with E-state index in [9.17, 15) is 0 Å². The van der Waals surface area contributed by atoms with Gasteiger partial charge in [-0.2, -0.15) is 0 Å². The molecule has 4 heterocycles. The predicted molar refractivity (Wildman–Crippen MR) is 174 cm³/mol. The SMILES string of the molecule is c1ccc(-n2c3ccccc3c3c2ccc2c4ccccc4n(-c4nc5c6c(cccc6n4)Oc4ccccc4-5)c23)cc1. The highest BCUT2D eigenvalue weighted by molar-refractivity contribution is 6.26. The molecule has 43 heavy (non-hydrogen) atoms. The molecule has 1 aliphatic heterocycles. The van der Waals surface area contributed by atoms with Gasteiger partial charge < -0.3 is 9.30 Å². The van der Waals surface area contributed by atoms with Gasteiger partial charge in [0.2, 0.25) is 5.95 Å². The summed E-state index contributed by atoms with van der Waals surface area (Å²) in [5.41, 5.74) is 8.34. The maximum absolute atomic E-state index is 6.28. The van der Waals surface area contributed by atoms with Crippen LogP contribution >= 0.6 is 0 Å². The van der Waals surface area contributed by atoms with Gasteiger partial charge in [0.05, 0.1) is 38.7 Å². The average molecular weight is 551 g/mol. The minimum Gasteiger partial charge on any atom is -0.456 e. The predicted octanol–water partition coefficient (Wildman–Crippen LogP) is 9.60. The summed E-state index contributed by atoms with van der Waals surface area (Å²) in [5.74, 6) is 2.24. The van der Waals surface area contributed by atoms with Crippen LogP contribution in [0.5, 0.6) is 11.5 Å². The van der Waals surface area contributed by atoms with E-state index in [2.05, 4.69) is 112 Å². The molecule has 0 N–H and O–H groups in total. The topological polar surface area (TPSA) is 44.9 Å². The zero-order valence-electron chi connectivity index (χ0n) is 22.9. The van der Waals surface area contributed by atoms with E-state index in [4.69, 9.17) is 14.7 Å². The van der Waals surface area contributed by atoms with Gasteiger partial charge in [0, 0.05) is 32.8 Å². The van der Waals surface area contributed by atoms with Crippen LogP contribution in [0.25, 0.3) is 77.4 Å². The van der Waals surface area contributed by atoms with Gasteiger partial charge in [0.15, 0.2) is 0 Å². The van der Waals surface area contributed by atoms with E-state index in [0.717, 1.165) is 55.9 Å². The van der Waals surface area contributed by atoms with Gasteiger partial charge in [-0.25, -0.2) is 9.97 Å². The summed E-state index contributed by atoms with van der Waals surface area (Å²) in [4.78, 5) is 10.5. The molecule has 0 spiro atoms. The lowest BCUT2D eigenvalue weighted by atomic mass is 10.0. The first kappa shape index (κ1) is 22.7. The summed E-state index contributed by atoms with van der Waals surface area (Å²) in [6, 6.07) is 46.5. The third-order valence-corrected chi connectivity index (χ3v) is 8.72. The summed E-state index contributed by atoms with van der Waals surface area (Å²) in [6.45, 7) is 0. The summed E-state index contributed by atoms with van der Waals surface area (Å²) in [5, 5.41) is 5.67. The Morgan fingerprint density at radius 2 is 1.19 bits per heavy atom. The lowest BCUT2D eigenvalue weighted by Crippen LogP contribution is -2.06. The van der Waals surface area contributed by atoms with Gasteiger partial charge in [-0.05, 0) is 54.6 Å². The molecule has 0 saturated carbocycles. The first-order valence-electron chi connectivity index (χ1n) is 14.4. The molecule has 0 amide bonds. The molecule has 10 rings (SSSR count). The van der Waals surface area contributed by atoms with E-state index in [1.54, 1.807) is 0 Å². The minimum atomic E-state index is 0.645. The molecule has 200 valence electrons. The Kier molecular flexibility index (Phi) is 4.39. The normalized spacial score (nSPS) is 12.4. The van der Waals surface area contributed by atoms with Crippen LogP contribution in [-0.2, 0) is 0 Å². The number of fused-ring (bicyclic) bond motifs is 9. The molecule has 0 aliphatic carbocycles. The Labute approximate surface area is 245 Å². The lowest BCUT2D eigenvalue weighted by Gasteiger charge is -2.21. The molecule has 0 saturated heterocycles. The van der Waals surface area contributed by atoms with Crippen molar-refractivity contribution < 1.29 is 4.74 Å². The Morgan fingerprint density at radius 3 is 2.07 bits per heavy atom. The molecule has 3 aromatic heterocycles. The van der Waals surface area contributed by atoms with Crippen molar-refractivity contribution in [3.05, 3.63) is 133 Å². The number of para-hydroxylation sites is 4. The van der Waals surface area contributed by atoms with Crippen LogP contribution in [0.15, 0.2) is 133 Å². The van der Waals surface area contributed by atoms with Crippen LogP contribution in [0.2, 0.25) is 0 Å². The fourth-order valence-corrected chi connectivity index (χ4v) is 6.96. The minimum absolute atomic E-state index is 0.645. The number of hydrogen-bond donors (Lipinski definition) is 0. The molecule has 5 heteroatoms. The van der Waals surface area contributed by atoms with E-state index in [-0.39, 0.29) is 0 Å². The highest BCUT2D eigenvalue weighted by Crippen LogP contribution is 2.46. The van der Waals surface area contributed by atoms with Crippen molar-refractivity contribution in [2.24, 2.45) is 0 Å². The first-order chi connectivity index (χ1) is 21.3. The van der Waals surface area contributed by atoms with Crippen LogP contribution in [0.1, 0.15) is 0 Å². The monoisotopic (exact) mass is 550 g/mol. The van der Waals surface area contributed by atoms with Crippen molar-refractivity contribution in [2.45, 2.75) is 0 Å². The smallest absolute Gasteiger partial charge is 0.235 e. The quantitative estimate of drug-likeness (QED) is 0.215. The van der Waals surface area contributed by atoms with Crippen molar-refractivity contribution in [1.29, 1.82) is 0 Å². The van der Waals surface area contributed by atoms with E-state index < -0.39 is 0 Å². The second-order valence-corrected chi connectivity index (χ2v) is 11.0. The van der Waals surface area contributed by atoms with E-state index in [0.29, 0.717) is 5.95 Å². The van der Waals surface area contributed by atoms with Gasteiger partial charge in [-0.15, -0.1) is 0 Å². The number of ether oxygens (including phenoxy) is 1. The van der Waals surface area contributed by atoms with E-state index in [1.165, 1.54) is 27.1 Å². The maximum Gasteiger partial charge on any atom is 0.235 e. The van der Waals surface area contributed by atoms with Crippen LogP contribution in [0.4, 0.5) is 0 Å². The first-order valence-corrected chi connectivity index (χ1v) is 14.4. The van der Waals surface area contributed by atoms with E-state index in [1.807, 2.05) is 30.3 Å². The van der Waals surface area contributed by atoms with Crippen molar-refractivity contribution in [3.8, 4) is 34.4 Å². The lowest BCUT2D eigenvalue weighted by molar-refractivity contribution is 0.486. The van der Waals surface area contributed by atoms with Crippen LogP contribution in [0.3, 0.4) is 0 Å². The molecule has 9 aromatic rings. The molecule has 0 unspecified atom stereocenters. The van der Waals surface area contributed by atoms with Gasteiger partial charge in [0.25, 0.3) is 0 Å². The Hall–Kier alpha value is -5.94. The third-order valence-electron chi connectivity index (χ3n) is 8.72. The number of benzene rings is 6. The fraction of sp³-hybridized carbons (Fsp3) is 0. The van der Waals surface area contributed by atoms with Gasteiger partial charge >= 0.3 is 0 Å². The summed E-state index contributed by atoms with van der Waals surface area (Å²) in [6.07, 6.45) is 0. The zero-order chi connectivity index (χ0) is 28.1. The second-order valence-electron chi connectivity index (χ2n) is 11.0. The molecule has 1 aliphatic rings. The number of rotatable bonds is 2. The molecule has 5 nitrogen and oxygen atoms in total. The van der Waals surface area contributed by atoms with Crippen molar-refractivity contribution >= 4 is 54.5 Å². The Balaban J connectivity index is 1.41. The Morgan fingerprint density at radius 1 is 0.465 bits per heavy atom.